The molecule has 0 radical (unpaired) electrons. The van der Waals surface area contributed by atoms with Gasteiger partial charge in [-0.3, -0.25) is 14.5 Å². The average molecular weight is 293 g/mol. The third-order valence-electron chi connectivity index (χ3n) is 3.18. The zero-order chi connectivity index (χ0) is 15.1. The minimum Gasteiger partial charge on any atom is -0.506 e. The lowest BCUT2D eigenvalue weighted by molar-refractivity contribution is -0.136. The second-order valence-electron chi connectivity index (χ2n) is 4.68. The number of morpholine rings is 1. The molecule has 7 nitrogen and oxygen atoms in total. The number of hydrogen-bond acceptors (Lipinski definition) is 5. The largest absolute Gasteiger partial charge is 0.506 e. The number of ether oxygens (including phenoxy) is 1. The highest BCUT2D eigenvalue weighted by Gasteiger charge is 2.15. The topological polar surface area (TPSA) is 90.9 Å². The molecule has 0 atom stereocenters. The van der Waals surface area contributed by atoms with Crippen LogP contribution < -0.4 is 10.6 Å². The van der Waals surface area contributed by atoms with Crippen molar-refractivity contribution in [2.24, 2.45) is 0 Å². The van der Waals surface area contributed by atoms with Crippen molar-refractivity contribution in [2.75, 3.05) is 44.7 Å². The van der Waals surface area contributed by atoms with Crippen molar-refractivity contribution in [3.05, 3.63) is 24.3 Å². The maximum atomic E-state index is 11.7. The lowest BCUT2D eigenvalue weighted by atomic mass is 10.3. The number of carbonyl (C=O) groups excluding carboxylic acids is 2. The number of para-hydroxylation sites is 2. The van der Waals surface area contributed by atoms with Crippen LogP contribution in [0.3, 0.4) is 0 Å². The van der Waals surface area contributed by atoms with Crippen molar-refractivity contribution < 1.29 is 19.4 Å². The molecule has 1 aliphatic rings. The summed E-state index contributed by atoms with van der Waals surface area (Å²) in [5.41, 5.74) is 0.214. The van der Waals surface area contributed by atoms with Crippen LogP contribution in [0.4, 0.5) is 5.69 Å². The fraction of sp³-hybridized carbons (Fsp3) is 0.429. The summed E-state index contributed by atoms with van der Waals surface area (Å²) in [4.78, 5) is 25.5. The van der Waals surface area contributed by atoms with E-state index in [1.54, 1.807) is 12.1 Å². The first-order chi connectivity index (χ1) is 10.2. The van der Waals surface area contributed by atoms with Gasteiger partial charge in [0.2, 0.25) is 0 Å². The Labute approximate surface area is 122 Å². The van der Waals surface area contributed by atoms with Crippen LogP contribution >= 0.6 is 0 Å². The standard InChI is InChI=1S/C14H19N3O4/c18-12-4-2-1-3-11(12)16-14(20)13(19)15-5-6-17-7-9-21-10-8-17/h1-4,18H,5-10H2,(H,15,19)(H,16,20). The molecule has 0 unspecified atom stereocenters. The molecular formula is C14H19N3O4. The van der Waals surface area contributed by atoms with E-state index >= 15 is 0 Å². The molecule has 0 saturated carbocycles. The zero-order valence-corrected chi connectivity index (χ0v) is 11.7. The summed E-state index contributed by atoms with van der Waals surface area (Å²) in [6.45, 7) is 4.13. The first-order valence-corrected chi connectivity index (χ1v) is 6.84. The van der Waals surface area contributed by atoms with Gasteiger partial charge in [0.25, 0.3) is 0 Å². The van der Waals surface area contributed by atoms with Crippen LogP contribution in [0.5, 0.6) is 5.75 Å². The third kappa shape index (κ3) is 4.73. The molecule has 0 aromatic heterocycles. The van der Waals surface area contributed by atoms with Gasteiger partial charge < -0.3 is 20.5 Å². The highest BCUT2D eigenvalue weighted by atomic mass is 16.5. The summed E-state index contributed by atoms with van der Waals surface area (Å²) >= 11 is 0. The summed E-state index contributed by atoms with van der Waals surface area (Å²) in [6, 6.07) is 6.25. The summed E-state index contributed by atoms with van der Waals surface area (Å²) in [6.07, 6.45) is 0. The second kappa shape index (κ2) is 7.61. The average Bonchev–Trinajstić information content (AvgIpc) is 2.50. The fourth-order valence-electron chi connectivity index (χ4n) is 1.99. The van der Waals surface area contributed by atoms with Crippen LogP contribution in [-0.4, -0.2) is 61.2 Å². The van der Waals surface area contributed by atoms with Gasteiger partial charge >= 0.3 is 11.8 Å². The highest BCUT2D eigenvalue weighted by Crippen LogP contribution is 2.21. The highest BCUT2D eigenvalue weighted by molar-refractivity contribution is 6.39. The Bertz CT molecular complexity index is 501. The number of anilines is 1. The van der Waals surface area contributed by atoms with Crippen LogP contribution in [0.1, 0.15) is 0 Å². The van der Waals surface area contributed by atoms with Crippen LogP contribution in [0, 0.1) is 0 Å². The molecule has 0 aliphatic carbocycles. The molecule has 114 valence electrons. The van der Waals surface area contributed by atoms with Gasteiger partial charge in [-0.15, -0.1) is 0 Å². The van der Waals surface area contributed by atoms with Gasteiger partial charge in [-0.1, -0.05) is 12.1 Å². The van der Waals surface area contributed by atoms with Crippen molar-refractivity contribution in [3.63, 3.8) is 0 Å². The lowest BCUT2D eigenvalue weighted by Gasteiger charge is -2.26. The maximum Gasteiger partial charge on any atom is 0.313 e. The van der Waals surface area contributed by atoms with E-state index in [1.807, 2.05) is 0 Å². The molecular weight excluding hydrogens is 274 g/mol. The SMILES string of the molecule is O=C(NCCN1CCOCC1)C(=O)Nc1ccccc1O. The molecule has 1 fully saturated rings. The van der Waals surface area contributed by atoms with Crippen LogP contribution in [0.25, 0.3) is 0 Å². The number of benzene rings is 1. The predicted molar refractivity (Wildman–Crippen MR) is 77.0 cm³/mol. The molecule has 7 heteroatoms. The van der Waals surface area contributed by atoms with Gasteiger partial charge in [0, 0.05) is 26.2 Å². The Morgan fingerprint density at radius 2 is 1.90 bits per heavy atom. The number of amides is 2. The van der Waals surface area contributed by atoms with E-state index in [-0.39, 0.29) is 11.4 Å². The summed E-state index contributed by atoms with van der Waals surface area (Å²) in [5, 5.41) is 14.4. The number of aromatic hydroxyl groups is 1. The quantitative estimate of drug-likeness (QED) is 0.527. The van der Waals surface area contributed by atoms with Crippen LogP contribution in [-0.2, 0) is 14.3 Å². The number of nitrogens with one attached hydrogen (secondary N) is 2. The molecule has 1 aliphatic heterocycles. The van der Waals surface area contributed by atoms with Crippen LogP contribution in [0.2, 0.25) is 0 Å². The normalized spacial score (nSPS) is 15.4. The van der Waals surface area contributed by atoms with E-state index in [0.717, 1.165) is 13.1 Å². The van der Waals surface area contributed by atoms with Gasteiger partial charge in [-0.2, -0.15) is 0 Å². The minimum atomic E-state index is -0.793. The number of nitrogens with zero attached hydrogens (tertiary/aromatic N) is 1. The van der Waals surface area contributed by atoms with E-state index in [2.05, 4.69) is 15.5 Å². The first-order valence-electron chi connectivity index (χ1n) is 6.84. The molecule has 3 N–H and O–H groups in total. The lowest BCUT2D eigenvalue weighted by Crippen LogP contribution is -2.43. The van der Waals surface area contributed by atoms with E-state index in [4.69, 9.17) is 4.74 Å². The Morgan fingerprint density at radius 3 is 2.62 bits per heavy atom. The van der Waals surface area contributed by atoms with Crippen molar-refractivity contribution >= 4 is 17.5 Å². The first kappa shape index (κ1) is 15.3. The number of rotatable bonds is 4. The number of hydrogen-bond donors (Lipinski definition) is 3. The van der Waals surface area contributed by atoms with Gasteiger partial charge in [0.1, 0.15) is 5.75 Å². The Morgan fingerprint density at radius 1 is 1.19 bits per heavy atom. The molecule has 0 spiro atoms. The summed E-state index contributed by atoms with van der Waals surface area (Å²) in [7, 11) is 0. The van der Waals surface area contributed by atoms with Crippen molar-refractivity contribution in [3.8, 4) is 5.75 Å². The van der Waals surface area contributed by atoms with Crippen LogP contribution in [0.15, 0.2) is 24.3 Å². The van der Waals surface area contributed by atoms with E-state index in [0.29, 0.717) is 26.3 Å². The van der Waals surface area contributed by atoms with Gasteiger partial charge in [-0.25, -0.2) is 0 Å². The predicted octanol–water partition coefficient (Wildman–Crippen LogP) is -0.221. The second-order valence-corrected chi connectivity index (χ2v) is 4.68. The Balaban J connectivity index is 1.72. The van der Waals surface area contributed by atoms with E-state index in [9.17, 15) is 14.7 Å². The van der Waals surface area contributed by atoms with E-state index in [1.165, 1.54) is 12.1 Å². The molecule has 21 heavy (non-hydrogen) atoms. The fourth-order valence-corrected chi connectivity index (χ4v) is 1.99. The molecule has 1 aromatic carbocycles. The Kier molecular flexibility index (Phi) is 5.53. The molecule has 2 amide bonds. The molecule has 0 bridgehead atoms. The zero-order valence-electron chi connectivity index (χ0n) is 11.7. The summed E-state index contributed by atoms with van der Waals surface area (Å²) in [5.74, 6) is -1.59. The third-order valence-corrected chi connectivity index (χ3v) is 3.18. The smallest absolute Gasteiger partial charge is 0.313 e. The Hall–Kier alpha value is -2.12. The van der Waals surface area contributed by atoms with Crippen molar-refractivity contribution in [1.82, 2.24) is 10.2 Å². The number of phenols is 1. The van der Waals surface area contributed by atoms with Crippen molar-refractivity contribution in [1.29, 1.82) is 0 Å². The van der Waals surface area contributed by atoms with Gasteiger partial charge in [0.15, 0.2) is 0 Å². The summed E-state index contributed by atoms with van der Waals surface area (Å²) < 4.78 is 5.23. The monoisotopic (exact) mass is 293 g/mol. The molecule has 1 heterocycles. The van der Waals surface area contributed by atoms with E-state index < -0.39 is 11.8 Å². The van der Waals surface area contributed by atoms with Gasteiger partial charge in [0.05, 0.1) is 18.9 Å². The minimum absolute atomic E-state index is 0.0769. The molecule has 2 rings (SSSR count). The molecule has 1 saturated heterocycles. The maximum absolute atomic E-state index is 11.7. The number of phenolic OH excluding ortho intramolecular Hbond substituents is 1. The number of carbonyl (C=O) groups is 2. The van der Waals surface area contributed by atoms with Crippen molar-refractivity contribution in [2.45, 2.75) is 0 Å². The van der Waals surface area contributed by atoms with Gasteiger partial charge in [-0.05, 0) is 12.1 Å². The molecule has 1 aromatic rings.